The summed E-state index contributed by atoms with van der Waals surface area (Å²) in [7, 11) is 1.84. The van der Waals surface area contributed by atoms with E-state index in [0.29, 0.717) is 42.3 Å². The lowest BCUT2D eigenvalue weighted by molar-refractivity contribution is -0.143. The predicted molar refractivity (Wildman–Crippen MR) is 138 cm³/mol. The molecule has 10 nitrogen and oxygen atoms in total. The minimum atomic E-state index is -0.750. The predicted octanol–water partition coefficient (Wildman–Crippen LogP) is 4.28. The molecule has 0 amide bonds. The molecule has 1 fully saturated rings. The van der Waals surface area contributed by atoms with Crippen LogP contribution in [0.15, 0.2) is 54.9 Å². The van der Waals surface area contributed by atoms with Gasteiger partial charge in [0.25, 0.3) is 0 Å². The van der Waals surface area contributed by atoms with Crippen LogP contribution in [-0.4, -0.2) is 47.1 Å². The number of nitrogens with zero attached hydrogens (tertiary/aromatic N) is 6. The maximum Gasteiger partial charge on any atom is 0.306 e. The third kappa shape index (κ3) is 5.58. The number of aliphatic carboxylic acids is 1. The molecule has 1 aliphatic rings. The van der Waals surface area contributed by atoms with Gasteiger partial charge in [-0.3, -0.25) is 9.78 Å². The number of hydrogen-bond donors (Lipinski definition) is 2. The van der Waals surface area contributed by atoms with Gasteiger partial charge in [-0.1, -0.05) is 35.5 Å². The largest absolute Gasteiger partial charge is 0.489 e. The Morgan fingerprint density at radius 1 is 1.11 bits per heavy atom. The Hall–Kier alpha value is -4.34. The highest BCUT2D eigenvalue weighted by molar-refractivity contribution is 5.70. The number of aryl methyl sites for hydroxylation is 2. The van der Waals surface area contributed by atoms with Gasteiger partial charge in [0.1, 0.15) is 17.3 Å². The minimum absolute atomic E-state index is 0.120. The molecule has 3 aromatic heterocycles. The third-order valence-corrected chi connectivity index (χ3v) is 6.63. The SMILES string of the molecule is Cc1nc(-c2nnn(C)c2CNc2cncc(-c3ccccc3)n2)ccc1O[C@H]1CCC[C@H](C(=O)O)C1. The lowest BCUT2D eigenvalue weighted by Crippen LogP contribution is -2.29. The van der Waals surface area contributed by atoms with Gasteiger partial charge in [0.15, 0.2) is 0 Å². The summed E-state index contributed by atoms with van der Waals surface area (Å²) >= 11 is 0. The van der Waals surface area contributed by atoms with Crippen LogP contribution < -0.4 is 10.1 Å². The number of ether oxygens (including phenoxy) is 1. The van der Waals surface area contributed by atoms with E-state index in [-0.39, 0.29) is 12.0 Å². The van der Waals surface area contributed by atoms with Crippen LogP contribution in [0.2, 0.25) is 0 Å². The second kappa shape index (κ2) is 10.7. The number of nitrogens with one attached hydrogen (secondary N) is 1. The quantitative estimate of drug-likeness (QED) is 0.365. The number of pyridine rings is 1. The van der Waals surface area contributed by atoms with E-state index in [2.05, 4.69) is 25.6 Å². The molecule has 2 N–H and O–H groups in total. The van der Waals surface area contributed by atoms with Gasteiger partial charge in [0.2, 0.25) is 0 Å². The Labute approximate surface area is 214 Å². The highest BCUT2D eigenvalue weighted by Crippen LogP contribution is 2.30. The molecule has 0 saturated heterocycles. The van der Waals surface area contributed by atoms with Gasteiger partial charge in [-0.25, -0.2) is 14.6 Å². The molecule has 1 aromatic carbocycles. The zero-order valence-electron chi connectivity index (χ0n) is 20.8. The van der Waals surface area contributed by atoms with E-state index in [1.165, 1.54) is 0 Å². The second-order valence-corrected chi connectivity index (χ2v) is 9.24. The number of anilines is 1. The molecule has 0 unspecified atom stereocenters. The number of rotatable bonds is 8. The van der Waals surface area contributed by atoms with Crippen molar-refractivity contribution in [1.82, 2.24) is 29.9 Å². The van der Waals surface area contributed by atoms with Crippen molar-refractivity contribution < 1.29 is 14.6 Å². The first kappa shape index (κ1) is 24.4. The molecule has 0 aliphatic heterocycles. The van der Waals surface area contributed by atoms with Crippen LogP contribution in [-0.2, 0) is 18.4 Å². The molecular weight excluding hydrogens is 470 g/mol. The van der Waals surface area contributed by atoms with Crippen LogP contribution >= 0.6 is 0 Å². The number of benzene rings is 1. The summed E-state index contributed by atoms with van der Waals surface area (Å²) in [5.74, 6) is 0.212. The van der Waals surface area contributed by atoms with Crippen molar-refractivity contribution >= 4 is 11.8 Å². The van der Waals surface area contributed by atoms with Gasteiger partial charge in [-0.2, -0.15) is 0 Å². The normalized spacial score (nSPS) is 17.4. The Morgan fingerprint density at radius 2 is 1.95 bits per heavy atom. The summed E-state index contributed by atoms with van der Waals surface area (Å²) in [6.45, 7) is 2.32. The van der Waals surface area contributed by atoms with Crippen molar-refractivity contribution in [3.05, 3.63) is 66.2 Å². The Bertz CT molecular complexity index is 1390. The summed E-state index contributed by atoms with van der Waals surface area (Å²) in [5.41, 5.74) is 4.71. The minimum Gasteiger partial charge on any atom is -0.489 e. The Balaban J connectivity index is 1.30. The second-order valence-electron chi connectivity index (χ2n) is 9.24. The summed E-state index contributed by atoms with van der Waals surface area (Å²) in [6, 6.07) is 13.6. The van der Waals surface area contributed by atoms with Crippen molar-refractivity contribution in [2.45, 2.75) is 45.3 Å². The van der Waals surface area contributed by atoms with Crippen LogP contribution in [0.5, 0.6) is 5.75 Å². The number of carbonyl (C=O) groups is 1. The average molecular weight is 500 g/mol. The van der Waals surface area contributed by atoms with Gasteiger partial charge in [-0.05, 0) is 44.7 Å². The molecule has 37 heavy (non-hydrogen) atoms. The molecule has 1 aliphatic carbocycles. The third-order valence-electron chi connectivity index (χ3n) is 6.63. The summed E-state index contributed by atoms with van der Waals surface area (Å²) in [4.78, 5) is 25.1. The van der Waals surface area contributed by atoms with Crippen molar-refractivity contribution in [2.24, 2.45) is 13.0 Å². The van der Waals surface area contributed by atoms with Gasteiger partial charge in [-0.15, -0.1) is 5.10 Å². The lowest BCUT2D eigenvalue weighted by Gasteiger charge is -2.27. The topological polar surface area (TPSA) is 128 Å². The molecule has 4 aromatic rings. The molecule has 0 spiro atoms. The molecule has 5 rings (SSSR count). The van der Waals surface area contributed by atoms with Crippen molar-refractivity contribution in [3.8, 4) is 28.4 Å². The van der Waals surface area contributed by atoms with E-state index in [0.717, 1.165) is 35.5 Å². The van der Waals surface area contributed by atoms with E-state index in [1.54, 1.807) is 17.1 Å². The van der Waals surface area contributed by atoms with Crippen LogP contribution in [0.25, 0.3) is 22.6 Å². The average Bonchev–Trinajstić information content (AvgIpc) is 3.29. The lowest BCUT2D eigenvalue weighted by atomic mass is 9.87. The van der Waals surface area contributed by atoms with E-state index in [9.17, 15) is 9.90 Å². The fourth-order valence-electron chi connectivity index (χ4n) is 4.61. The number of carboxylic acid groups (broad SMARTS) is 1. The highest BCUT2D eigenvalue weighted by Gasteiger charge is 2.28. The smallest absolute Gasteiger partial charge is 0.306 e. The Morgan fingerprint density at radius 3 is 2.73 bits per heavy atom. The van der Waals surface area contributed by atoms with Gasteiger partial charge in [0.05, 0.1) is 53.7 Å². The molecule has 2 atom stereocenters. The Kier molecular flexibility index (Phi) is 7.07. The standard InChI is InChI=1S/C27H29N7O3/c1-17-24(37-20-10-6-9-19(13-20)27(35)36)12-11-21(30-17)26-23(34(2)33-32-26)15-29-25-16-28-14-22(31-25)18-7-4-3-5-8-18/h3-5,7-8,11-12,14,16,19-20H,6,9-10,13,15H2,1-2H3,(H,29,31)(H,35,36)/t19-,20-/m0/s1. The first-order chi connectivity index (χ1) is 18.0. The molecule has 0 bridgehead atoms. The summed E-state index contributed by atoms with van der Waals surface area (Å²) < 4.78 is 7.87. The maximum absolute atomic E-state index is 11.4. The van der Waals surface area contributed by atoms with Crippen molar-refractivity contribution in [3.63, 3.8) is 0 Å². The van der Waals surface area contributed by atoms with E-state index in [4.69, 9.17) is 9.72 Å². The zero-order chi connectivity index (χ0) is 25.8. The first-order valence-corrected chi connectivity index (χ1v) is 12.4. The monoisotopic (exact) mass is 499 g/mol. The molecule has 1 saturated carbocycles. The summed E-state index contributed by atoms with van der Waals surface area (Å²) in [5, 5.41) is 21.2. The molecule has 3 heterocycles. The molecule has 0 radical (unpaired) electrons. The molecule has 10 heteroatoms. The number of hydrogen-bond acceptors (Lipinski definition) is 8. The van der Waals surface area contributed by atoms with Crippen LogP contribution in [0.4, 0.5) is 5.82 Å². The van der Waals surface area contributed by atoms with E-state index in [1.807, 2.05) is 56.4 Å². The number of aromatic nitrogens is 6. The van der Waals surface area contributed by atoms with Crippen molar-refractivity contribution in [2.75, 3.05) is 5.32 Å². The van der Waals surface area contributed by atoms with Crippen LogP contribution in [0.3, 0.4) is 0 Å². The van der Waals surface area contributed by atoms with Crippen LogP contribution in [0, 0.1) is 12.8 Å². The van der Waals surface area contributed by atoms with Crippen molar-refractivity contribution in [1.29, 1.82) is 0 Å². The fourth-order valence-corrected chi connectivity index (χ4v) is 4.61. The van der Waals surface area contributed by atoms with Crippen LogP contribution in [0.1, 0.15) is 37.1 Å². The highest BCUT2D eigenvalue weighted by atomic mass is 16.5. The van der Waals surface area contributed by atoms with E-state index < -0.39 is 5.97 Å². The molecule has 190 valence electrons. The fraction of sp³-hybridized carbons (Fsp3) is 0.333. The zero-order valence-corrected chi connectivity index (χ0v) is 20.8. The van der Waals surface area contributed by atoms with Gasteiger partial charge in [0, 0.05) is 12.6 Å². The first-order valence-electron chi connectivity index (χ1n) is 12.4. The maximum atomic E-state index is 11.4. The summed E-state index contributed by atoms with van der Waals surface area (Å²) in [6.07, 6.45) is 6.22. The molecular formula is C27H29N7O3. The van der Waals surface area contributed by atoms with Gasteiger partial charge >= 0.3 is 5.97 Å². The van der Waals surface area contributed by atoms with E-state index >= 15 is 0 Å². The number of carboxylic acids is 1. The van der Waals surface area contributed by atoms with Gasteiger partial charge < -0.3 is 15.2 Å².